The van der Waals surface area contributed by atoms with E-state index in [1.165, 1.54) is 0 Å². The van der Waals surface area contributed by atoms with Crippen molar-refractivity contribution in [3.63, 3.8) is 0 Å². The molecule has 1 fully saturated rings. The lowest BCUT2D eigenvalue weighted by Gasteiger charge is -2.49. The van der Waals surface area contributed by atoms with E-state index in [4.69, 9.17) is 0 Å². The van der Waals surface area contributed by atoms with Gasteiger partial charge in [-0.2, -0.15) is 61.5 Å². The fraction of sp³-hybridized carbons (Fsp3) is 1.00. The molecule has 1 nitrogen and oxygen atoms in total. The van der Waals surface area contributed by atoms with Crippen molar-refractivity contribution in [2.45, 2.75) is 41.8 Å². The molecule has 1 aliphatic rings. The lowest BCUT2D eigenvalue weighted by atomic mass is 9.89. The van der Waals surface area contributed by atoms with Gasteiger partial charge in [0.2, 0.25) is 0 Å². The number of alkyl halides is 14. The lowest BCUT2D eigenvalue weighted by Crippen LogP contribution is -2.81. The van der Waals surface area contributed by atoms with Crippen molar-refractivity contribution >= 4 is 0 Å². The summed E-state index contributed by atoms with van der Waals surface area (Å²) in [7, 11) is 0. The summed E-state index contributed by atoms with van der Waals surface area (Å²) in [5.41, 5.74) is 0. The van der Waals surface area contributed by atoms with Crippen molar-refractivity contribution < 1.29 is 66.2 Å². The molecule has 1 heterocycles. The zero-order valence-corrected chi connectivity index (χ0v) is 9.20. The Bertz CT molecular complexity index is 462. The minimum absolute atomic E-state index is 1.57. The van der Waals surface area contributed by atoms with Crippen LogP contribution in [0, 0.1) is 0 Å². The average Bonchev–Trinajstić information content (AvgIpc) is 2.24. The molecule has 0 aromatic heterocycles. The van der Waals surface area contributed by atoms with Crippen molar-refractivity contribution in [1.29, 1.82) is 0 Å². The highest BCUT2D eigenvalue weighted by Gasteiger charge is 2.99. The Kier molecular flexibility index (Phi) is 3.53. The Hall–Kier alpha value is -1.02. The summed E-state index contributed by atoms with van der Waals surface area (Å²) in [6, 6.07) is 0. The van der Waals surface area contributed by atoms with Crippen molar-refractivity contribution in [3.8, 4) is 0 Å². The molecular weight excluding hydrogens is 366 g/mol. The first-order chi connectivity index (χ1) is 9.21. The van der Waals surface area contributed by atoms with Crippen LogP contribution in [0.5, 0.6) is 0 Å². The second-order valence-corrected chi connectivity index (χ2v) is 4.01. The second-order valence-electron chi connectivity index (χ2n) is 4.01. The van der Waals surface area contributed by atoms with Crippen LogP contribution in [0.15, 0.2) is 0 Å². The standard InChI is InChI=1S/C7F14O/c8-1(9)2(10,11)5(16,4(14,15)6(17,18)19)22-7(20,21)3(1,12)13. The highest BCUT2D eigenvalue weighted by molar-refractivity contribution is 5.16. The van der Waals surface area contributed by atoms with E-state index < -0.39 is 41.8 Å². The predicted octanol–water partition coefficient (Wildman–Crippen LogP) is 4.38. The van der Waals surface area contributed by atoms with Crippen LogP contribution in [0.2, 0.25) is 0 Å². The third-order valence-electron chi connectivity index (χ3n) is 2.59. The van der Waals surface area contributed by atoms with Crippen LogP contribution in [0.3, 0.4) is 0 Å². The molecule has 0 spiro atoms. The van der Waals surface area contributed by atoms with Gasteiger partial charge in [0.05, 0.1) is 0 Å². The lowest BCUT2D eigenvalue weighted by molar-refractivity contribution is -0.570. The third kappa shape index (κ3) is 1.76. The van der Waals surface area contributed by atoms with Gasteiger partial charge in [-0.1, -0.05) is 0 Å². The molecule has 1 saturated heterocycles. The molecule has 1 atom stereocenters. The molecule has 1 unspecified atom stereocenters. The van der Waals surface area contributed by atoms with E-state index >= 15 is 0 Å². The molecule has 22 heavy (non-hydrogen) atoms. The maximum Gasteiger partial charge on any atom is 0.459 e. The number of ether oxygens (including phenoxy) is 1. The topological polar surface area (TPSA) is 9.23 Å². The third-order valence-corrected chi connectivity index (χ3v) is 2.59. The van der Waals surface area contributed by atoms with Crippen LogP contribution >= 0.6 is 0 Å². The Labute approximate surface area is 109 Å². The molecule has 0 amide bonds. The van der Waals surface area contributed by atoms with Crippen LogP contribution in [0.25, 0.3) is 0 Å². The number of halogens is 14. The monoisotopic (exact) mass is 366 g/mol. The minimum Gasteiger partial charge on any atom is -0.267 e. The van der Waals surface area contributed by atoms with E-state index in [2.05, 4.69) is 0 Å². The first-order valence-corrected chi connectivity index (χ1v) is 4.55. The molecular formula is C7F14O. The molecule has 1 rings (SSSR count). The molecule has 0 N–H and O–H groups in total. The molecule has 1 aliphatic heterocycles. The maximum atomic E-state index is 13.2. The molecule has 0 radical (unpaired) electrons. The smallest absolute Gasteiger partial charge is 0.267 e. The van der Waals surface area contributed by atoms with Crippen molar-refractivity contribution in [2.24, 2.45) is 0 Å². The second kappa shape index (κ2) is 4.08. The van der Waals surface area contributed by atoms with Gasteiger partial charge in [-0.25, -0.2) is 0 Å². The molecule has 132 valence electrons. The van der Waals surface area contributed by atoms with E-state index in [0.29, 0.717) is 0 Å². The highest BCUT2D eigenvalue weighted by atomic mass is 19.4. The number of hydrogen-bond donors (Lipinski definition) is 0. The zero-order chi connectivity index (χ0) is 18.2. The Morgan fingerprint density at radius 2 is 0.909 bits per heavy atom. The van der Waals surface area contributed by atoms with Gasteiger partial charge < -0.3 is 0 Å². The van der Waals surface area contributed by atoms with Crippen LogP contribution in [0.4, 0.5) is 61.5 Å². The maximum absolute atomic E-state index is 13.2. The Balaban J connectivity index is 3.71. The Morgan fingerprint density at radius 1 is 0.545 bits per heavy atom. The van der Waals surface area contributed by atoms with Crippen molar-refractivity contribution in [3.05, 3.63) is 0 Å². The first kappa shape index (κ1) is 19.0. The largest absolute Gasteiger partial charge is 0.459 e. The van der Waals surface area contributed by atoms with Gasteiger partial charge in [0.1, 0.15) is 0 Å². The molecule has 15 heteroatoms. The summed E-state index contributed by atoms with van der Waals surface area (Å²) in [6.07, 6.45) is -14.5. The van der Waals surface area contributed by atoms with E-state index in [0.717, 1.165) is 0 Å². The summed E-state index contributed by atoms with van der Waals surface area (Å²) in [5.74, 6) is -37.7. The number of hydrogen-bond acceptors (Lipinski definition) is 1. The normalized spacial score (nSPS) is 33.5. The van der Waals surface area contributed by atoms with Gasteiger partial charge in [0.15, 0.2) is 0 Å². The zero-order valence-electron chi connectivity index (χ0n) is 9.20. The van der Waals surface area contributed by atoms with Gasteiger partial charge in [-0.05, 0) is 0 Å². The van der Waals surface area contributed by atoms with Crippen LogP contribution in [-0.4, -0.2) is 41.8 Å². The SMILES string of the molecule is FC(F)(F)C(F)(F)C1(F)OC(F)(F)C(F)(F)C(F)(F)C1(F)F. The molecule has 0 aromatic carbocycles. The van der Waals surface area contributed by atoms with Crippen molar-refractivity contribution in [2.75, 3.05) is 0 Å². The van der Waals surface area contributed by atoms with Crippen molar-refractivity contribution in [1.82, 2.24) is 0 Å². The first-order valence-electron chi connectivity index (χ1n) is 4.55. The van der Waals surface area contributed by atoms with E-state index in [1.807, 2.05) is 0 Å². The summed E-state index contributed by atoms with van der Waals surface area (Å²) in [4.78, 5) is 0. The summed E-state index contributed by atoms with van der Waals surface area (Å²) in [5, 5.41) is 0. The predicted molar refractivity (Wildman–Crippen MR) is 35.7 cm³/mol. The van der Waals surface area contributed by atoms with Gasteiger partial charge >= 0.3 is 41.8 Å². The number of rotatable bonds is 1. The fourth-order valence-corrected chi connectivity index (χ4v) is 1.33. The molecule has 0 aromatic rings. The van der Waals surface area contributed by atoms with E-state index in [-0.39, 0.29) is 0 Å². The average molecular weight is 366 g/mol. The fourth-order valence-electron chi connectivity index (χ4n) is 1.33. The van der Waals surface area contributed by atoms with Crippen LogP contribution in [0.1, 0.15) is 0 Å². The van der Waals surface area contributed by atoms with E-state index in [9.17, 15) is 61.5 Å². The molecule has 0 aliphatic carbocycles. The van der Waals surface area contributed by atoms with Gasteiger partial charge in [-0.15, -0.1) is 0 Å². The van der Waals surface area contributed by atoms with E-state index in [1.54, 1.807) is 4.74 Å². The Morgan fingerprint density at radius 3 is 1.23 bits per heavy atom. The highest BCUT2D eigenvalue weighted by Crippen LogP contribution is 2.67. The summed E-state index contributed by atoms with van der Waals surface area (Å²) >= 11 is 0. The minimum atomic E-state index is -7.67. The summed E-state index contributed by atoms with van der Waals surface area (Å²) < 4.78 is 177. The molecule has 0 saturated carbocycles. The quantitative estimate of drug-likeness (QED) is 0.626. The van der Waals surface area contributed by atoms with Crippen LogP contribution in [-0.2, 0) is 4.74 Å². The molecule has 0 bridgehead atoms. The van der Waals surface area contributed by atoms with Gasteiger partial charge in [0.25, 0.3) is 0 Å². The van der Waals surface area contributed by atoms with Gasteiger partial charge in [0, 0.05) is 0 Å². The van der Waals surface area contributed by atoms with Gasteiger partial charge in [-0.3, -0.25) is 4.74 Å². The van der Waals surface area contributed by atoms with Crippen LogP contribution < -0.4 is 0 Å². The summed E-state index contributed by atoms with van der Waals surface area (Å²) in [6.45, 7) is 0.